The summed E-state index contributed by atoms with van der Waals surface area (Å²) in [7, 11) is 0. The molecule has 0 spiro atoms. The van der Waals surface area contributed by atoms with Crippen LogP contribution in [0.2, 0.25) is 0 Å². The molecule has 1 aliphatic heterocycles. The van der Waals surface area contributed by atoms with Crippen LogP contribution >= 0.6 is 0 Å². The number of benzene rings is 4. The lowest BCUT2D eigenvalue weighted by molar-refractivity contribution is -0.129. The number of carbonyl (C=O) groups excluding carboxylic acids is 2. The van der Waals surface area contributed by atoms with Gasteiger partial charge in [0.05, 0.1) is 24.3 Å². The fourth-order valence-electron chi connectivity index (χ4n) is 6.90. The molecule has 2 heterocycles. The van der Waals surface area contributed by atoms with E-state index in [0.717, 1.165) is 86.3 Å². The number of nitrogens with zero attached hydrogens (tertiary/aromatic N) is 2. The van der Waals surface area contributed by atoms with Gasteiger partial charge < -0.3 is 24.1 Å². The summed E-state index contributed by atoms with van der Waals surface area (Å²) >= 11 is 0. The molecule has 3 N–H and O–H groups in total. The van der Waals surface area contributed by atoms with Gasteiger partial charge in [0.15, 0.2) is 11.5 Å². The quantitative estimate of drug-likeness (QED) is 0.0403. The molecule has 4 aromatic carbocycles. The van der Waals surface area contributed by atoms with Crippen LogP contribution in [0.3, 0.4) is 0 Å². The predicted octanol–water partition coefficient (Wildman–Crippen LogP) is 8.70. The lowest BCUT2D eigenvalue weighted by Crippen LogP contribution is -2.35. The van der Waals surface area contributed by atoms with Crippen molar-refractivity contribution in [1.29, 1.82) is 0 Å². The Kier molecular flexibility index (Phi) is 15.3. The summed E-state index contributed by atoms with van der Waals surface area (Å²) in [6.45, 7) is 9.46. The van der Waals surface area contributed by atoms with Gasteiger partial charge in [-0.2, -0.15) is 0 Å². The molecule has 2 amide bonds. The van der Waals surface area contributed by atoms with Gasteiger partial charge in [0, 0.05) is 38.7 Å². The van der Waals surface area contributed by atoms with Gasteiger partial charge in [0.25, 0.3) is 5.91 Å². The SMILES string of the molecule is CC(C)c1cc(-c2onc(C(=O)NCCCCCCCC(=O)NO)c2-c2ccc(CN3CCOCC3)cc2)c(OCc2ccccc2)cc1OCc1ccccc1. The van der Waals surface area contributed by atoms with Gasteiger partial charge in [0.1, 0.15) is 24.7 Å². The van der Waals surface area contributed by atoms with Crippen LogP contribution in [-0.2, 0) is 29.3 Å². The van der Waals surface area contributed by atoms with Gasteiger partial charge in [-0.3, -0.25) is 19.7 Å². The number of rotatable bonds is 20. The molecule has 11 nitrogen and oxygen atoms in total. The zero-order chi connectivity index (χ0) is 39.8. The molecule has 0 atom stereocenters. The number of aromatic nitrogens is 1. The van der Waals surface area contributed by atoms with Gasteiger partial charge in [-0.15, -0.1) is 0 Å². The normalized spacial score (nSPS) is 13.1. The molecular formula is C46H54N4O7. The van der Waals surface area contributed by atoms with Crippen molar-refractivity contribution >= 4 is 11.8 Å². The second-order valence-electron chi connectivity index (χ2n) is 14.7. The molecule has 1 aliphatic rings. The first-order chi connectivity index (χ1) is 27.9. The Morgan fingerprint density at radius 2 is 1.42 bits per heavy atom. The minimum absolute atomic E-state index is 0.0955. The molecule has 0 aliphatic carbocycles. The second-order valence-corrected chi connectivity index (χ2v) is 14.7. The fraction of sp³-hybridized carbons (Fsp3) is 0.370. The Morgan fingerprint density at radius 1 is 0.789 bits per heavy atom. The molecule has 1 fully saturated rings. The highest BCUT2D eigenvalue weighted by molar-refractivity contribution is 6.02. The first kappa shape index (κ1) is 41.2. The van der Waals surface area contributed by atoms with Crippen LogP contribution in [-0.4, -0.2) is 59.9 Å². The Labute approximate surface area is 335 Å². The second kappa shape index (κ2) is 21.2. The van der Waals surface area contributed by atoms with Crippen molar-refractivity contribution < 1.29 is 33.5 Å². The van der Waals surface area contributed by atoms with Gasteiger partial charge >= 0.3 is 0 Å². The van der Waals surface area contributed by atoms with E-state index in [-0.39, 0.29) is 23.4 Å². The van der Waals surface area contributed by atoms with E-state index < -0.39 is 0 Å². The minimum atomic E-state index is -0.376. The lowest BCUT2D eigenvalue weighted by atomic mass is 9.93. The fourth-order valence-corrected chi connectivity index (χ4v) is 6.90. The molecule has 0 radical (unpaired) electrons. The average molecular weight is 775 g/mol. The molecule has 1 saturated heterocycles. The third kappa shape index (κ3) is 11.8. The van der Waals surface area contributed by atoms with Gasteiger partial charge in [0.2, 0.25) is 5.91 Å². The molecule has 5 aromatic rings. The van der Waals surface area contributed by atoms with E-state index >= 15 is 0 Å². The van der Waals surface area contributed by atoms with E-state index in [9.17, 15) is 9.59 Å². The molecule has 0 saturated carbocycles. The van der Waals surface area contributed by atoms with Gasteiger partial charge in [-0.25, -0.2) is 5.48 Å². The summed E-state index contributed by atoms with van der Waals surface area (Å²) in [5, 5.41) is 16.2. The molecular weight excluding hydrogens is 721 g/mol. The third-order valence-corrected chi connectivity index (χ3v) is 10.1. The standard InChI is InChI=1S/C46H54N4O7/c1-33(2)38-28-39(41(56-32-36-16-10-7-11-17-36)29-40(38)55-31-35-14-8-6-9-15-35)45-43(37-21-19-34(20-22-37)30-50-24-26-54-27-25-50)44(49-57-45)46(52)47-23-13-5-3-4-12-18-42(51)48-53/h6-11,14-17,19-22,28-29,33,53H,3-5,12-13,18,23-27,30-32H2,1-2H3,(H,47,52)(H,48,51). The van der Waals surface area contributed by atoms with E-state index in [0.29, 0.717) is 61.0 Å². The Balaban J connectivity index is 1.32. The van der Waals surface area contributed by atoms with Crippen molar-refractivity contribution in [2.24, 2.45) is 0 Å². The van der Waals surface area contributed by atoms with Crippen molar-refractivity contribution in [1.82, 2.24) is 20.9 Å². The molecule has 1 aromatic heterocycles. The minimum Gasteiger partial charge on any atom is -0.488 e. The summed E-state index contributed by atoms with van der Waals surface area (Å²) in [6.07, 6.45) is 4.43. The maximum atomic E-state index is 13.9. The Bertz CT molecular complexity index is 2010. The average Bonchev–Trinajstić information content (AvgIpc) is 3.69. The van der Waals surface area contributed by atoms with Crippen molar-refractivity contribution in [3.63, 3.8) is 0 Å². The van der Waals surface area contributed by atoms with Crippen LogP contribution < -0.4 is 20.3 Å². The molecule has 11 heteroatoms. The van der Waals surface area contributed by atoms with Crippen molar-refractivity contribution in [3.8, 4) is 33.9 Å². The van der Waals surface area contributed by atoms with Crippen molar-refractivity contribution in [2.45, 2.75) is 78.0 Å². The van der Waals surface area contributed by atoms with E-state index in [2.05, 4.69) is 41.4 Å². The molecule has 0 unspecified atom stereocenters. The van der Waals surface area contributed by atoms with Gasteiger partial charge in [-0.05, 0) is 52.6 Å². The van der Waals surface area contributed by atoms with E-state index in [1.807, 2.05) is 84.9 Å². The number of unbranched alkanes of at least 4 members (excludes halogenated alkanes) is 4. The Hall–Kier alpha value is -5.49. The van der Waals surface area contributed by atoms with E-state index in [1.165, 1.54) is 0 Å². The topological polar surface area (TPSA) is 135 Å². The zero-order valence-corrected chi connectivity index (χ0v) is 33.0. The number of carbonyl (C=O) groups is 2. The molecule has 0 bridgehead atoms. The highest BCUT2D eigenvalue weighted by Gasteiger charge is 2.28. The summed E-state index contributed by atoms with van der Waals surface area (Å²) < 4.78 is 24.8. The van der Waals surface area contributed by atoms with Crippen LogP contribution in [0, 0.1) is 0 Å². The van der Waals surface area contributed by atoms with E-state index in [4.69, 9.17) is 23.9 Å². The molecule has 57 heavy (non-hydrogen) atoms. The first-order valence-corrected chi connectivity index (χ1v) is 20.0. The summed E-state index contributed by atoms with van der Waals surface area (Å²) in [6, 6.07) is 32.3. The highest BCUT2D eigenvalue weighted by atomic mass is 16.5. The summed E-state index contributed by atoms with van der Waals surface area (Å²) in [4.78, 5) is 27.6. The lowest BCUT2D eigenvalue weighted by Gasteiger charge is -2.26. The highest BCUT2D eigenvalue weighted by Crippen LogP contribution is 2.44. The van der Waals surface area contributed by atoms with E-state index in [1.54, 1.807) is 5.48 Å². The number of amides is 2. The summed E-state index contributed by atoms with van der Waals surface area (Å²) in [5.74, 6) is 1.10. The predicted molar refractivity (Wildman–Crippen MR) is 219 cm³/mol. The number of hydrogen-bond donors (Lipinski definition) is 3. The number of hydrogen-bond acceptors (Lipinski definition) is 9. The van der Waals surface area contributed by atoms with Gasteiger partial charge in [-0.1, -0.05) is 123 Å². The molecule has 300 valence electrons. The van der Waals surface area contributed by atoms with Crippen LogP contribution in [0.1, 0.15) is 91.0 Å². The monoisotopic (exact) mass is 774 g/mol. The number of hydroxylamine groups is 1. The van der Waals surface area contributed by atoms with Crippen LogP contribution in [0.5, 0.6) is 11.5 Å². The van der Waals surface area contributed by atoms with Crippen LogP contribution in [0.25, 0.3) is 22.5 Å². The maximum Gasteiger partial charge on any atom is 0.274 e. The molecule has 6 rings (SSSR count). The number of morpholine rings is 1. The van der Waals surface area contributed by atoms with Crippen LogP contribution in [0.4, 0.5) is 0 Å². The largest absolute Gasteiger partial charge is 0.488 e. The number of nitrogens with one attached hydrogen (secondary N) is 2. The van der Waals surface area contributed by atoms with Crippen LogP contribution in [0.15, 0.2) is 102 Å². The van der Waals surface area contributed by atoms with Crippen molar-refractivity contribution in [2.75, 3.05) is 32.8 Å². The van der Waals surface area contributed by atoms with Crippen molar-refractivity contribution in [3.05, 3.63) is 125 Å². The number of ether oxygens (including phenoxy) is 3. The summed E-state index contributed by atoms with van der Waals surface area (Å²) in [5.41, 5.74) is 8.13. The third-order valence-electron chi connectivity index (χ3n) is 10.1. The zero-order valence-electron chi connectivity index (χ0n) is 33.0. The maximum absolute atomic E-state index is 13.9. The Morgan fingerprint density at radius 3 is 2.07 bits per heavy atom. The first-order valence-electron chi connectivity index (χ1n) is 20.0. The smallest absolute Gasteiger partial charge is 0.274 e.